The fraction of sp³-hybridized carbons (Fsp3) is 0.652. The number of carbonyl (C=O) groups excluding carboxylic acids is 2. The van der Waals surface area contributed by atoms with Crippen molar-refractivity contribution in [3.8, 4) is 5.75 Å². The molecule has 3 fully saturated rings. The summed E-state index contributed by atoms with van der Waals surface area (Å²) >= 11 is 0. The first kappa shape index (κ1) is 20.2. The van der Waals surface area contributed by atoms with Gasteiger partial charge in [0.15, 0.2) is 0 Å². The standard InChI is InChI=1S/C23H32N2O4/c26-22(24-12-2-1-3-13-24)19-8-10-20(11-9-19)29-17-18-6-4-14-25(16-18)23(27)21-7-5-15-28-21/h8-11,18,21H,1-7,12-17H2/t18-,21-/m0/s1. The van der Waals surface area contributed by atoms with Crippen LogP contribution < -0.4 is 4.74 Å². The number of carbonyl (C=O) groups is 2. The molecular formula is C23H32N2O4. The molecule has 3 aliphatic rings. The minimum absolute atomic E-state index is 0.117. The summed E-state index contributed by atoms with van der Waals surface area (Å²) in [5.74, 6) is 1.38. The van der Waals surface area contributed by atoms with Crippen molar-refractivity contribution in [2.24, 2.45) is 5.92 Å². The Morgan fingerprint density at radius 2 is 1.69 bits per heavy atom. The number of ether oxygens (including phenoxy) is 2. The van der Waals surface area contributed by atoms with Gasteiger partial charge in [0.05, 0.1) is 6.61 Å². The summed E-state index contributed by atoms with van der Waals surface area (Å²) in [5, 5.41) is 0. The fourth-order valence-corrected chi connectivity index (χ4v) is 4.56. The molecule has 0 spiro atoms. The molecule has 3 heterocycles. The number of nitrogens with zero attached hydrogens (tertiary/aromatic N) is 2. The maximum Gasteiger partial charge on any atom is 0.253 e. The zero-order valence-electron chi connectivity index (χ0n) is 17.2. The Kier molecular flexibility index (Phi) is 6.70. The SMILES string of the molecule is O=C(c1ccc(OC[C@H]2CCCN(C(=O)[C@@H]3CCCO3)C2)cc1)N1CCCCC1. The maximum atomic E-state index is 12.6. The molecule has 2 atom stereocenters. The van der Waals surface area contributed by atoms with E-state index in [1.54, 1.807) is 0 Å². The van der Waals surface area contributed by atoms with Crippen LogP contribution in [0.15, 0.2) is 24.3 Å². The molecular weight excluding hydrogens is 368 g/mol. The second-order valence-corrected chi connectivity index (χ2v) is 8.48. The molecule has 0 aliphatic carbocycles. The monoisotopic (exact) mass is 400 g/mol. The van der Waals surface area contributed by atoms with Gasteiger partial charge >= 0.3 is 0 Å². The number of rotatable bonds is 5. The fourth-order valence-electron chi connectivity index (χ4n) is 4.56. The topological polar surface area (TPSA) is 59.1 Å². The molecule has 0 saturated carbocycles. The van der Waals surface area contributed by atoms with Crippen LogP contribution in [0.2, 0.25) is 0 Å². The first-order valence-electron chi connectivity index (χ1n) is 11.1. The average molecular weight is 401 g/mol. The van der Waals surface area contributed by atoms with E-state index < -0.39 is 0 Å². The van der Waals surface area contributed by atoms with Gasteiger partial charge in [0.25, 0.3) is 11.8 Å². The molecule has 3 saturated heterocycles. The number of hydrogen-bond acceptors (Lipinski definition) is 4. The molecule has 4 rings (SSSR count). The largest absolute Gasteiger partial charge is 0.493 e. The van der Waals surface area contributed by atoms with E-state index in [1.807, 2.05) is 34.1 Å². The van der Waals surface area contributed by atoms with Crippen molar-refractivity contribution < 1.29 is 19.1 Å². The third-order valence-corrected chi connectivity index (χ3v) is 6.27. The molecule has 6 nitrogen and oxygen atoms in total. The van der Waals surface area contributed by atoms with Gasteiger partial charge < -0.3 is 19.3 Å². The van der Waals surface area contributed by atoms with Gasteiger partial charge in [-0.15, -0.1) is 0 Å². The Morgan fingerprint density at radius 1 is 0.931 bits per heavy atom. The molecule has 0 aromatic heterocycles. The van der Waals surface area contributed by atoms with Crippen LogP contribution in [0, 0.1) is 5.92 Å². The number of hydrogen-bond donors (Lipinski definition) is 0. The highest BCUT2D eigenvalue weighted by molar-refractivity contribution is 5.94. The van der Waals surface area contributed by atoms with Gasteiger partial charge in [0.1, 0.15) is 11.9 Å². The zero-order valence-corrected chi connectivity index (χ0v) is 17.2. The van der Waals surface area contributed by atoms with Crippen LogP contribution in [-0.4, -0.2) is 67.1 Å². The second kappa shape index (κ2) is 9.61. The summed E-state index contributed by atoms with van der Waals surface area (Å²) in [6.07, 6.45) is 7.08. The van der Waals surface area contributed by atoms with Crippen molar-refractivity contribution in [2.75, 3.05) is 39.4 Å². The molecule has 1 aromatic carbocycles. The van der Waals surface area contributed by atoms with E-state index >= 15 is 0 Å². The predicted molar refractivity (Wildman–Crippen MR) is 110 cm³/mol. The molecule has 158 valence electrons. The number of benzene rings is 1. The molecule has 0 N–H and O–H groups in total. The third kappa shape index (κ3) is 5.10. The lowest BCUT2D eigenvalue weighted by Crippen LogP contribution is -2.45. The third-order valence-electron chi connectivity index (χ3n) is 6.27. The highest BCUT2D eigenvalue weighted by atomic mass is 16.5. The van der Waals surface area contributed by atoms with Crippen LogP contribution in [0.4, 0.5) is 0 Å². The Labute approximate surface area is 173 Å². The second-order valence-electron chi connectivity index (χ2n) is 8.48. The van der Waals surface area contributed by atoms with E-state index in [9.17, 15) is 9.59 Å². The van der Waals surface area contributed by atoms with Crippen molar-refractivity contribution in [3.63, 3.8) is 0 Å². The average Bonchev–Trinajstić information content (AvgIpc) is 3.33. The number of likely N-dealkylation sites (tertiary alicyclic amines) is 2. The summed E-state index contributed by atoms with van der Waals surface area (Å²) < 4.78 is 11.5. The molecule has 0 radical (unpaired) electrons. The quantitative estimate of drug-likeness (QED) is 0.762. The lowest BCUT2D eigenvalue weighted by atomic mass is 9.98. The van der Waals surface area contributed by atoms with Crippen LogP contribution in [0.25, 0.3) is 0 Å². The summed E-state index contributed by atoms with van der Waals surface area (Å²) in [6.45, 7) is 4.58. The summed E-state index contributed by atoms with van der Waals surface area (Å²) in [4.78, 5) is 29.0. The molecule has 29 heavy (non-hydrogen) atoms. The zero-order chi connectivity index (χ0) is 20.1. The molecule has 0 unspecified atom stereocenters. The smallest absolute Gasteiger partial charge is 0.253 e. The highest BCUT2D eigenvalue weighted by Gasteiger charge is 2.31. The molecule has 3 aliphatic heterocycles. The van der Waals surface area contributed by atoms with Crippen LogP contribution in [-0.2, 0) is 9.53 Å². The van der Waals surface area contributed by atoms with Crippen LogP contribution in [0.3, 0.4) is 0 Å². The molecule has 0 bridgehead atoms. The summed E-state index contributed by atoms with van der Waals surface area (Å²) in [6, 6.07) is 7.49. The Hall–Kier alpha value is -2.08. The number of piperidine rings is 2. The Balaban J connectivity index is 1.26. The Morgan fingerprint density at radius 3 is 2.41 bits per heavy atom. The lowest BCUT2D eigenvalue weighted by Gasteiger charge is -2.34. The first-order valence-corrected chi connectivity index (χ1v) is 11.1. The lowest BCUT2D eigenvalue weighted by molar-refractivity contribution is -0.143. The van der Waals surface area contributed by atoms with Crippen LogP contribution >= 0.6 is 0 Å². The van der Waals surface area contributed by atoms with Gasteiger partial charge in [-0.2, -0.15) is 0 Å². The molecule has 2 amide bonds. The minimum Gasteiger partial charge on any atom is -0.493 e. The van der Waals surface area contributed by atoms with Gasteiger partial charge in [-0.05, 0) is 69.2 Å². The van der Waals surface area contributed by atoms with Gasteiger partial charge in [0, 0.05) is 44.3 Å². The van der Waals surface area contributed by atoms with Gasteiger partial charge in [-0.25, -0.2) is 0 Å². The highest BCUT2D eigenvalue weighted by Crippen LogP contribution is 2.23. The summed E-state index contributed by atoms with van der Waals surface area (Å²) in [5.41, 5.74) is 0.727. The van der Waals surface area contributed by atoms with Crippen molar-refractivity contribution in [1.82, 2.24) is 9.80 Å². The van der Waals surface area contributed by atoms with Gasteiger partial charge in [-0.1, -0.05) is 0 Å². The van der Waals surface area contributed by atoms with Gasteiger partial charge in [0.2, 0.25) is 0 Å². The predicted octanol–water partition coefficient (Wildman–Crippen LogP) is 3.11. The molecule has 1 aromatic rings. The van der Waals surface area contributed by atoms with E-state index in [4.69, 9.17) is 9.47 Å². The normalized spacial score (nSPS) is 25.1. The number of amides is 2. The van der Waals surface area contributed by atoms with Crippen molar-refractivity contribution in [1.29, 1.82) is 0 Å². The van der Waals surface area contributed by atoms with E-state index in [-0.39, 0.29) is 17.9 Å². The first-order chi connectivity index (χ1) is 14.2. The molecule has 6 heteroatoms. The van der Waals surface area contributed by atoms with E-state index in [1.165, 1.54) is 6.42 Å². The van der Waals surface area contributed by atoms with Crippen LogP contribution in [0.5, 0.6) is 5.75 Å². The van der Waals surface area contributed by atoms with Crippen molar-refractivity contribution in [2.45, 2.75) is 51.0 Å². The van der Waals surface area contributed by atoms with E-state index in [2.05, 4.69) is 0 Å². The maximum absolute atomic E-state index is 12.6. The summed E-state index contributed by atoms with van der Waals surface area (Å²) in [7, 11) is 0. The van der Waals surface area contributed by atoms with Gasteiger partial charge in [-0.3, -0.25) is 9.59 Å². The van der Waals surface area contributed by atoms with Crippen molar-refractivity contribution in [3.05, 3.63) is 29.8 Å². The van der Waals surface area contributed by atoms with Crippen LogP contribution in [0.1, 0.15) is 55.3 Å². The van der Waals surface area contributed by atoms with E-state index in [0.29, 0.717) is 19.1 Å². The Bertz CT molecular complexity index is 693. The van der Waals surface area contributed by atoms with E-state index in [0.717, 1.165) is 76.0 Å². The minimum atomic E-state index is -0.236. The van der Waals surface area contributed by atoms with Crippen molar-refractivity contribution >= 4 is 11.8 Å².